The third kappa shape index (κ3) is 2.07. The summed E-state index contributed by atoms with van der Waals surface area (Å²) in [7, 11) is 1.67. The van der Waals surface area contributed by atoms with Crippen LogP contribution in [0.2, 0.25) is 0 Å². The molecule has 2 saturated heterocycles. The quantitative estimate of drug-likeness (QED) is 0.807. The topological polar surface area (TPSA) is 62.6 Å². The molecule has 2 aliphatic rings. The third-order valence-electron chi connectivity index (χ3n) is 4.15. The van der Waals surface area contributed by atoms with Gasteiger partial charge in [0.05, 0.1) is 37.0 Å². The molecule has 1 aromatic carbocycles. The lowest BCUT2D eigenvalue weighted by molar-refractivity contribution is 0.0479. The highest BCUT2D eigenvalue weighted by molar-refractivity contribution is 5.95. The van der Waals surface area contributed by atoms with Gasteiger partial charge in [-0.25, -0.2) is 0 Å². The van der Waals surface area contributed by atoms with Gasteiger partial charge in [0.15, 0.2) is 0 Å². The van der Waals surface area contributed by atoms with Crippen molar-refractivity contribution in [1.82, 2.24) is 4.90 Å². The number of amides is 1. The van der Waals surface area contributed by atoms with Crippen molar-refractivity contribution in [3.05, 3.63) is 35.4 Å². The van der Waals surface area contributed by atoms with Crippen molar-refractivity contribution in [3.63, 3.8) is 0 Å². The molecular weight excluding hydrogens is 256 g/mol. The standard InChI is InChI=1S/C15H16N2O3/c1-19-14-7-17(13-9-20-8-12(13)14)15(18)11-4-2-3-10(5-11)6-16/h2-5,12-14H,7-9H2,1H3/t12-,13+,14-/m1/s1. The summed E-state index contributed by atoms with van der Waals surface area (Å²) in [6.07, 6.45) is 0.0330. The van der Waals surface area contributed by atoms with E-state index in [-0.39, 0.29) is 24.0 Å². The summed E-state index contributed by atoms with van der Waals surface area (Å²) >= 11 is 0. The summed E-state index contributed by atoms with van der Waals surface area (Å²) in [5.74, 6) is 0.199. The number of hydrogen-bond acceptors (Lipinski definition) is 4. The van der Waals surface area contributed by atoms with E-state index in [9.17, 15) is 4.79 Å². The van der Waals surface area contributed by atoms with Crippen molar-refractivity contribution in [3.8, 4) is 6.07 Å². The van der Waals surface area contributed by atoms with E-state index >= 15 is 0 Å². The number of carbonyl (C=O) groups is 1. The van der Waals surface area contributed by atoms with Crippen LogP contribution in [0.4, 0.5) is 0 Å². The van der Waals surface area contributed by atoms with Crippen molar-refractivity contribution >= 4 is 5.91 Å². The molecule has 0 unspecified atom stereocenters. The smallest absolute Gasteiger partial charge is 0.254 e. The van der Waals surface area contributed by atoms with Crippen LogP contribution in [-0.2, 0) is 9.47 Å². The number of rotatable bonds is 2. The molecule has 0 aromatic heterocycles. The summed E-state index contributed by atoms with van der Waals surface area (Å²) in [6, 6.07) is 8.95. The number of likely N-dealkylation sites (tertiary alicyclic amines) is 1. The zero-order chi connectivity index (χ0) is 14.1. The van der Waals surface area contributed by atoms with Crippen LogP contribution in [-0.4, -0.2) is 49.8 Å². The van der Waals surface area contributed by atoms with Gasteiger partial charge in [0.1, 0.15) is 0 Å². The van der Waals surface area contributed by atoms with Crippen LogP contribution in [0.3, 0.4) is 0 Å². The molecule has 3 atom stereocenters. The number of fused-ring (bicyclic) bond motifs is 1. The number of methoxy groups -OCH3 is 1. The van der Waals surface area contributed by atoms with Crippen LogP contribution < -0.4 is 0 Å². The van der Waals surface area contributed by atoms with Crippen LogP contribution >= 0.6 is 0 Å². The number of nitrogens with zero attached hydrogens (tertiary/aromatic N) is 2. The molecule has 0 spiro atoms. The molecule has 3 rings (SSSR count). The summed E-state index contributed by atoms with van der Waals surface area (Å²) in [5.41, 5.74) is 1.05. The van der Waals surface area contributed by atoms with Crippen molar-refractivity contribution in [1.29, 1.82) is 5.26 Å². The molecular formula is C15H16N2O3. The minimum absolute atomic E-state index is 0.0330. The summed E-state index contributed by atoms with van der Waals surface area (Å²) < 4.78 is 10.9. The fourth-order valence-electron chi connectivity index (χ4n) is 3.07. The van der Waals surface area contributed by atoms with E-state index in [0.717, 1.165) is 0 Å². The molecule has 0 radical (unpaired) electrons. The van der Waals surface area contributed by atoms with E-state index < -0.39 is 0 Å². The van der Waals surface area contributed by atoms with Crippen molar-refractivity contribution in [2.75, 3.05) is 26.9 Å². The highest BCUT2D eigenvalue weighted by Crippen LogP contribution is 2.32. The molecule has 0 aliphatic carbocycles. The maximum Gasteiger partial charge on any atom is 0.254 e. The maximum absolute atomic E-state index is 12.6. The first-order chi connectivity index (χ1) is 9.74. The van der Waals surface area contributed by atoms with Gasteiger partial charge in [-0.05, 0) is 18.2 Å². The molecule has 0 bridgehead atoms. The second-order valence-electron chi connectivity index (χ2n) is 5.19. The van der Waals surface area contributed by atoms with Gasteiger partial charge in [0, 0.05) is 25.1 Å². The highest BCUT2D eigenvalue weighted by atomic mass is 16.5. The van der Waals surface area contributed by atoms with Gasteiger partial charge in [-0.3, -0.25) is 4.79 Å². The van der Waals surface area contributed by atoms with Gasteiger partial charge in [0.25, 0.3) is 5.91 Å². The molecule has 2 aliphatic heterocycles. The van der Waals surface area contributed by atoms with Crippen LogP contribution in [0.25, 0.3) is 0 Å². The second kappa shape index (κ2) is 5.23. The van der Waals surface area contributed by atoms with E-state index in [1.807, 2.05) is 4.90 Å². The van der Waals surface area contributed by atoms with Crippen molar-refractivity contribution < 1.29 is 14.3 Å². The van der Waals surface area contributed by atoms with Gasteiger partial charge in [0.2, 0.25) is 0 Å². The minimum Gasteiger partial charge on any atom is -0.379 e. The molecule has 0 N–H and O–H groups in total. The lowest BCUT2D eigenvalue weighted by Gasteiger charge is -2.22. The minimum atomic E-state index is -0.0536. The third-order valence-corrected chi connectivity index (χ3v) is 4.15. The second-order valence-corrected chi connectivity index (χ2v) is 5.19. The number of hydrogen-bond donors (Lipinski definition) is 0. The van der Waals surface area contributed by atoms with Crippen LogP contribution in [0.1, 0.15) is 15.9 Å². The van der Waals surface area contributed by atoms with Gasteiger partial charge in [-0.2, -0.15) is 5.26 Å². The average Bonchev–Trinajstić information content (AvgIpc) is 3.08. The molecule has 104 valence electrons. The van der Waals surface area contributed by atoms with E-state index in [1.165, 1.54) is 0 Å². The monoisotopic (exact) mass is 272 g/mol. The van der Waals surface area contributed by atoms with Crippen molar-refractivity contribution in [2.45, 2.75) is 12.1 Å². The Morgan fingerprint density at radius 1 is 1.50 bits per heavy atom. The molecule has 0 saturated carbocycles. The Bertz CT molecular complexity index is 566. The Balaban J connectivity index is 1.85. The number of nitriles is 1. The Kier molecular flexibility index (Phi) is 3.43. The first kappa shape index (κ1) is 13.1. The van der Waals surface area contributed by atoms with Crippen LogP contribution in [0, 0.1) is 17.2 Å². The fraction of sp³-hybridized carbons (Fsp3) is 0.467. The fourth-order valence-corrected chi connectivity index (χ4v) is 3.07. The Labute approximate surface area is 117 Å². The number of ether oxygens (including phenoxy) is 2. The van der Waals surface area contributed by atoms with Crippen molar-refractivity contribution in [2.24, 2.45) is 5.92 Å². The summed E-state index contributed by atoms with van der Waals surface area (Å²) in [6.45, 7) is 1.80. The molecule has 5 nitrogen and oxygen atoms in total. The lowest BCUT2D eigenvalue weighted by Crippen LogP contribution is -2.38. The number of benzene rings is 1. The van der Waals surface area contributed by atoms with E-state index in [2.05, 4.69) is 6.07 Å². The lowest BCUT2D eigenvalue weighted by atomic mass is 10.0. The largest absolute Gasteiger partial charge is 0.379 e. The van der Waals surface area contributed by atoms with Gasteiger partial charge in [-0.1, -0.05) is 6.07 Å². The zero-order valence-electron chi connectivity index (χ0n) is 11.3. The van der Waals surface area contributed by atoms with Gasteiger partial charge < -0.3 is 14.4 Å². The average molecular weight is 272 g/mol. The SMILES string of the molecule is CO[C@@H]1CN(C(=O)c2cccc(C#N)c2)[C@H]2COC[C@@H]12. The van der Waals surface area contributed by atoms with Crippen LogP contribution in [0.5, 0.6) is 0 Å². The maximum atomic E-state index is 12.6. The highest BCUT2D eigenvalue weighted by Gasteiger charge is 2.47. The normalized spacial score (nSPS) is 28.2. The first-order valence-electron chi connectivity index (χ1n) is 6.66. The molecule has 5 heteroatoms. The van der Waals surface area contributed by atoms with E-state index in [1.54, 1.807) is 31.4 Å². The van der Waals surface area contributed by atoms with Gasteiger partial charge in [-0.15, -0.1) is 0 Å². The summed E-state index contributed by atoms with van der Waals surface area (Å²) in [5, 5.41) is 8.92. The van der Waals surface area contributed by atoms with Gasteiger partial charge >= 0.3 is 0 Å². The zero-order valence-corrected chi connectivity index (χ0v) is 11.3. The Morgan fingerprint density at radius 2 is 2.35 bits per heavy atom. The molecule has 2 heterocycles. The predicted molar refractivity (Wildman–Crippen MR) is 71.1 cm³/mol. The Hall–Kier alpha value is -1.90. The predicted octanol–water partition coefficient (Wildman–Crippen LogP) is 1.04. The van der Waals surface area contributed by atoms with Crippen LogP contribution in [0.15, 0.2) is 24.3 Å². The number of carbonyl (C=O) groups excluding carboxylic acids is 1. The first-order valence-corrected chi connectivity index (χ1v) is 6.66. The molecule has 2 fully saturated rings. The van der Waals surface area contributed by atoms with E-state index in [4.69, 9.17) is 14.7 Å². The molecule has 20 heavy (non-hydrogen) atoms. The molecule has 1 aromatic rings. The Morgan fingerprint density at radius 3 is 3.10 bits per heavy atom. The molecule has 1 amide bonds. The van der Waals surface area contributed by atoms with E-state index in [0.29, 0.717) is 30.9 Å². The summed E-state index contributed by atoms with van der Waals surface area (Å²) in [4.78, 5) is 14.4.